The summed E-state index contributed by atoms with van der Waals surface area (Å²) in [7, 11) is 6.61. The van der Waals surface area contributed by atoms with Crippen molar-refractivity contribution in [3.8, 4) is 17.2 Å². The lowest BCUT2D eigenvalue weighted by molar-refractivity contribution is -0.115. The Hall–Kier alpha value is -2.63. The minimum absolute atomic E-state index is 0.0991. The van der Waals surface area contributed by atoms with E-state index in [1.807, 2.05) is 27.0 Å². The van der Waals surface area contributed by atoms with Crippen molar-refractivity contribution in [2.24, 2.45) is 7.05 Å². The van der Waals surface area contributed by atoms with Gasteiger partial charge >= 0.3 is 0 Å². The lowest BCUT2D eigenvalue weighted by atomic mass is 10.1. The number of hydrogen-bond donors (Lipinski definition) is 1. The maximum Gasteiger partial charge on any atom is 0.228 e. The molecule has 1 heterocycles. The summed E-state index contributed by atoms with van der Waals surface area (Å²) in [5.41, 5.74) is 3.83. The first kappa shape index (κ1) is 17.7. The van der Waals surface area contributed by atoms with Gasteiger partial charge in [-0.3, -0.25) is 4.79 Å². The second-order valence-electron chi connectivity index (χ2n) is 5.59. The Morgan fingerprint density at radius 2 is 1.62 bits per heavy atom. The molecule has 0 saturated heterocycles. The van der Waals surface area contributed by atoms with Gasteiger partial charge in [-0.05, 0) is 25.5 Å². The van der Waals surface area contributed by atoms with Gasteiger partial charge in [0.05, 0.1) is 27.8 Å². The number of aryl methyl sites for hydroxylation is 1. The fourth-order valence-corrected chi connectivity index (χ4v) is 2.64. The van der Waals surface area contributed by atoms with Crippen LogP contribution in [0.2, 0.25) is 0 Å². The zero-order valence-electron chi connectivity index (χ0n) is 15.0. The van der Waals surface area contributed by atoms with Gasteiger partial charge < -0.3 is 24.1 Å². The van der Waals surface area contributed by atoms with Crippen molar-refractivity contribution in [1.82, 2.24) is 4.57 Å². The van der Waals surface area contributed by atoms with Crippen molar-refractivity contribution in [2.45, 2.75) is 20.3 Å². The summed E-state index contributed by atoms with van der Waals surface area (Å²) in [5, 5.41) is 2.88. The molecule has 0 fully saturated rings. The van der Waals surface area contributed by atoms with E-state index in [9.17, 15) is 4.79 Å². The maximum atomic E-state index is 12.4. The van der Waals surface area contributed by atoms with Crippen LogP contribution in [0.5, 0.6) is 17.2 Å². The summed E-state index contributed by atoms with van der Waals surface area (Å²) < 4.78 is 17.9. The number of hydrogen-bond acceptors (Lipinski definition) is 4. The van der Waals surface area contributed by atoms with Gasteiger partial charge in [0.25, 0.3) is 0 Å². The fourth-order valence-electron chi connectivity index (χ4n) is 2.64. The summed E-state index contributed by atoms with van der Waals surface area (Å²) in [5.74, 6) is 1.39. The number of carbonyl (C=O) groups is 1. The zero-order chi connectivity index (χ0) is 17.9. The van der Waals surface area contributed by atoms with Crippen molar-refractivity contribution >= 4 is 11.6 Å². The Balaban J connectivity index is 2.21. The molecule has 0 unspecified atom stereocenters. The molecule has 0 aliphatic rings. The first-order chi connectivity index (χ1) is 11.4. The molecule has 0 aliphatic heterocycles. The molecule has 1 N–H and O–H groups in total. The normalized spacial score (nSPS) is 10.4. The van der Waals surface area contributed by atoms with E-state index >= 15 is 0 Å². The SMILES string of the molecule is COc1cc(NC(=O)Cc2cc(C)n(C)c2C)cc(OC)c1OC. The molecule has 0 saturated carbocycles. The summed E-state index contributed by atoms with van der Waals surface area (Å²) >= 11 is 0. The van der Waals surface area contributed by atoms with Gasteiger partial charge in [0.1, 0.15) is 0 Å². The van der Waals surface area contributed by atoms with Crippen LogP contribution in [0.3, 0.4) is 0 Å². The number of benzene rings is 1. The number of methoxy groups -OCH3 is 3. The molecular weight excluding hydrogens is 308 g/mol. The predicted molar refractivity (Wildman–Crippen MR) is 93.3 cm³/mol. The topological polar surface area (TPSA) is 61.7 Å². The molecule has 130 valence electrons. The Morgan fingerprint density at radius 3 is 2.04 bits per heavy atom. The molecule has 0 atom stereocenters. The highest BCUT2D eigenvalue weighted by atomic mass is 16.5. The molecule has 0 bridgehead atoms. The fraction of sp³-hybridized carbons (Fsp3) is 0.389. The Labute approximate surface area is 142 Å². The van der Waals surface area contributed by atoms with Gasteiger partial charge in [0.2, 0.25) is 11.7 Å². The average molecular weight is 332 g/mol. The van der Waals surface area contributed by atoms with Crippen LogP contribution >= 0.6 is 0 Å². The van der Waals surface area contributed by atoms with Gasteiger partial charge in [-0.15, -0.1) is 0 Å². The smallest absolute Gasteiger partial charge is 0.228 e. The Bertz CT molecular complexity index is 725. The van der Waals surface area contributed by atoms with E-state index in [0.717, 1.165) is 17.0 Å². The van der Waals surface area contributed by atoms with Crippen molar-refractivity contribution in [3.05, 3.63) is 35.2 Å². The Morgan fingerprint density at radius 1 is 1.04 bits per heavy atom. The van der Waals surface area contributed by atoms with Gasteiger partial charge in [0, 0.05) is 36.3 Å². The Kier molecular flexibility index (Phi) is 5.39. The molecule has 0 radical (unpaired) electrons. The third kappa shape index (κ3) is 3.48. The second kappa shape index (κ2) is 7.29. The first-order valence-electron chi connectivity index (χ1n) is 7.62. The largest absolute Gasteiger partial charge is 0.493 e. The molecule has 0 aliphatic carbocycles. The number of amides is 1. The molecule has 1 aromatic heterocycles. The van der Waals surface area contributed by atoms with E-state index in [1.54, 1.807) is 33.5 Å². The van der Waals surface area contributed by atoms with Crippen LogP contribution < -0.4 is 19.5 Å². The van der Waals surface area contributed by atoms with Crippen molar-refractivity contribution < 1.29 is 19.0 Å². The monoisotopic (exact) mass is 332 g/mol. The minimum Gasteiger partial charge on any atom is -0.493 e. The number of anilines is 1. The second-order valence-corrected chi connectivity index (χ2v) is 5.59. The maximum absolute atomic E-state index is 12.4. The van der Waals surface area contributed by atoms with Crippen LogP contribution in [0, 0.1) is 13.8 Å². The molecule has 2 rings (SSSR count). The number of nitrogens with zero attached hydrogens (tertiary/aromatic N) is 1. The summed E-state index contributed by atoms with van der Waals surface area (Å²) in [6.45, 7) is 4.03. The van der Waals surface area contributed by atoms with Crippen LogP contribution in [0.1, 0.15) is 17.0 Å². The molecule has 1 aromatic carbocycles. The summed E-state index contributed by atoms with van der Waals surface area (Å²) in [6.07, 6.45) is 0.310. The number of nitrogens with one attached hydrogen (secondary N) is 1. The van der Waals surface area contributed by atoms with E-state index in [0.29, 0.717) is 29.4 Å². The van der Waals surface area contributed by atoms with Crippen LogP contribution in [-0.2, 0) is 18.3 Å². The zero-order valence-corrected chi connectivity index (χ0v) is 15.0. The highest BCUT2D eigenvalue weighted by Gasteiger charge is 2.16. The van der Waals surface area contributed by atoms with E-state index < -0.39 is 0 Å². The van der Waals surface area contributed by atoms with Crippen LogP contribution in [0.4, 0.5) is 5.69 Å². The highest BCUT2D eigenvalue weighted by molar-refractivity contribution is 5.93. The highest BCUT2D eigenvalue weighted by Crippen LogP contribution is 2.39. The molecular formula is C18H24N2O4. The van der Waals surface area contributed by atoms with Gasteiger partial charge in [-0.1, -0.05) is 0 Å². The number of aromatic nitrogens is 1. The molecule has 1 amide bonds. The number of ether oxygens (including phenoxy) is 3. The molecule has 6 heteroatoms. The molecule has 24 heavy (non-hydrogen) atoms. The molecule has 2 aromatic rings. The van der Waals surface area contributed by atoms with Crippen LogP contribution in [0.15, 0.2) is 18.2 Å². The van der Waals surface area contributed by atoms with E-state index in [2.05, 4.69) is 9.88 Å². The third-order valence-electron chi connectivity index (χ3n) is 4.18. The number of carbonyl (C=O) groups excluding carboxylic acids is 1. The van der Waals surface area contributed by atoms with Gasteiger partial charge in [0.15, 0.2) is 11.5 Å². The summed E-state index contributed by atoms with van der Waals surface area (Å²) in [4.78, 5) is 12.4. The quantitative estimate of drug-likeness (QED) is 0.883. The van der Waals surface area contributed by atoms with E-state index in [-0.39, 0.29) is 5.91 Å². The van der Waals surface area contributed by atoms with E-state index in [1.165, 1.54) is 0 Å². The van der Waals surface area contributed by atoms with Crippen molar-refractivity contribution in [3.63, 3.8) is 0 Å². The molecule has 6 nitrogen and oxygen atoms in total. The van der Waals surface area contributed by atoms with Gasteiger partial charge in [-0.2, -0.15) is 0 Å². The van der Waals surface area contributed by atoms with E-state index in [4.69, 9.17) is 14.2 Å². The average Bonchev–Trinajstić information content (AvgIpc) is 2.80. The third-order valence-corrected chi connectivity index (χ3v) is 4.18. The molecule has 0 spiro atoms. The lowest BCUT2D eigenvalue weighted by Crippen LogP contribution is -2.15. The number of rotatable bonds is 6. The lowest BCUT2D eigenvalue weighted by Gasteiger charge is -2.14. The summed E-state index contributed by atoms with van der Waals surface area (Å²) in [6, 6.07) is 5.45. The van der Waals surface area contributed by atoms with Crippen molar-refractivity contribution in [1.29, 1.82) is 0 Å². The minimum atomic E-state index is -0.0991. The standard InChI is InChI=1S/C18H24N2O4/c1-11-7-13(12(2)20(11)3)8-17(21)19-14-9-15(22-4)18(24-6)16(10-14)23-5/h7,9-10H,8H2,1-6H3,(H,19,21). The first-order valence-corrected chi connectivity index (χ1v) is 7.62. The van der Waals surface area contributed by atoms with Gasteiger partial charge in [-0.25, -0.2) is 0 Å². The van der Waals surface area contributed by atoms with Crippen LogP contribution in [-0.4, -0.2) is 31.8 Å². The predicted octanol–water partition coefficient (Wildman–Crippen LogP) is 2.85. The van der Waals surface area contributed by atoms with Crippen LogP contribution in [0.25, 0.3) is 0 Å². The van der Waals surface area contributed by atoms with Crippen molar-refractivity contribution in [2.75, 3.05) is 26.6 Å².